The molecule has 0 atom stereocenters. The van der Waals surface area contributed by atoms with E-state index in [0.717, 1.165) is 5.57 Å². The fraction of sp³-hybridized carbons (Fsp3) is 0.500. The van der Waals surface area contributed by atoms with Crippen molar-refractivity contribution >= 4 is 5.78 Å². The van der Waals surface area contributed by atoms with Crippen molar-refractivity contribution in [1.82, 2.24) is 0 Å². The molecule has 0 N–H and O–H groups in total. The van der Waals surface area contributed by atoms with Gasteiger partial charge in [-0.25, -0.2) is 0 Å². The van der Waals surface area contributed by atoms with Gasteiger partial charge >= 0.3 is 0 Å². The molecule has 62 valence electrons. The predicted octanol–water partition coefficient (Wildman–Crippen LogP) is 2.73. The van der Waals surface area contributed by atoms with Crippen LogP contribution in [0.2, 0.25) is 0 Å². The molecule has 1 heteroatoms. The van der Waals surface area contributed by atoms with Gasteiger partial charge in [0, 0.05) is 5.41 Å². The standard InChI is InChI=1S/C10H16O/c1-6-7-9(11)10(4,5)8(2)3/h6-7H,2H2,1,3-5H3/b7-6+. The first-order valence-electron chi connectivity index (χ1n) is 3.76. The Morgan fingerprint density at radius 3 is 2.18 bits per heavy atom. The van der Waals surface area contributed by atoms with E-state index >= 15 is 0 Å². The third-order valence-electron chi connectivity index (χ3n) is 2.00. The molecule has 0 fully saturated rings. The minimum Gasteiger partial charge on any atom is -0.294 e. The fourth-order valence-electron chi connectivity index (χ4n) is 0.570. The van der Waals surface area contributed by atoms with Crippen molar-refractivity contribution in [2.75, 3.05) is 0 Å². The lowest BCUT2D eigenvalue weighted by Crippen LogP contribution is -2.22. The highest BCUT2D eigenvalue weighted by molar-refractivity contribution is 5.96. The summed E-state index contributed by atoms with van der Waals surface area (Å²) in [7, 11) is 0. The van der Waals surface area contributed by atoms with Crippen LogP contribution in [0, 0.1) is 5.41 Å². The van der Waals surface area contributed by atoms with E-state index < -0.39 is 5.41 Å². The Morgan fingerprint density at radius 1 is 1.45 bits per heavy atom. The number of ketones is 1. The van der Waals surface area contributed by atoms with Crippen molar-refractivity contribution in [2.45, 2.75) is 27.7 Å². The van der Waals surface area contributed by atoms with E-state index in [0.29, 0.717) is 0 Å². The van der Waals surface area contributed by atoms with E-state index in [1.54, 1.807) is 12.2 Å². The second-order valence-electron chi connectivity index (χ2n) is 3.27. The maximum Gasteiger partial charge on any atom is 0.164 e. The van der Waals surface area contributed by atoms with Gasteiger partial charge in [-0.3, -0.25) is 4.79 Å². The summed E-state index contributed by atoms with van der Waals surface area (Å²) in [6.07, 6.45) is 3.35. The van der Waals surface area contributed by atoms with E-state index in [2.05, 4.69) is 6.58 Å². The van der Waals surface area contributed by atoms with E-state index in [4.69, 9.17) is 0 Å². The van der Waals surface area contributed by atoms with Gasteiger partial charge in [-0.2, -0.15) is 0 Å². The lowest BCUT2D eigenvalue weighted by molar-refractivity contribution is -0.120. The highest BCUT2D eigenvalue weighted by Gasteiger charge is 2.25. The molecule has 0 spiro atoms. The van der Waals surface area contributed by atoms with E-state index in [-0.39, 0.29) is 5.78 Å². The molecule has 0 aromatic rings. The van der Waals surface area contributed by atoms with Gasteiger partial charge in [0.15, 0.2) is 5.78 Å². The van der Waals surface area contributed by atoms with Gasteiger partial charge in [-0.05, 0) is 33.8 Å². The lowest BCUT2D eigenvalue weighted by Gasteiger charge is -2.21. The van der Waals surface area contributed by atoms with Crippen molar-refractivity contribution in [3.05, 3.63) is 24.3 Å². The normalized spacial score (nSPS) is 12.0. The number of carbonyl (C=O) groups excluding carboxylic acids is 1. The molecule has 0 unspecified atom stereocenters. The molecular weight excluding hydrogens is 136 g/mol. The Balaban J connectivity index is 4.56. The van der Waals surface area contributed by atoms with Gasteiger partial charge in [-0.1, -0.05) is 18.2 Å². The van der Waals surface area contributed by atoms with Crippen LogP contribution in [0.4, 0.5) is 0 Å². The van der Waals surface area contributed by atoms with Crippen molar-refractivity contribution in [3.63, 3.8) is 0 Å². The molecule has 0 amide bonds. The predicted molar refractivity (Wildman–Crippen MR) is 48.4 cm³/mol. The van der Waals surface area contributed by atoms with Crippen LogP contribution in [-0.2, 0) is 4.79 Å². The minimum atomic E-state index is -0.410. The largest absolute Gasteiger partial charge is 0.294 e. The molecule has 0 saturated carbocycles. The van der Waals surface area contributed by atoms with Crippen LogP contribution >= 0.6 is 0 Å². The van der Waals surface area contributed by atoms with Crippen LogP contribution in [0.25, 0.3) is 0 Å². The van der Waals surface area contributed by atoms with Crippen molar-refractivity contribution < 1.29 is 4.79 Å². The fourth-order valence-corrected chi connectivity index (χ4v) is 0.570. The Bertz CT molecular complexity index is 197. The molecule has 0 aliphatic heterocycles. The Morgan fingerprint density at radius 2 is 1.91 bits per heavy atom. The second-order valence-corrected chi connectivity index (χ2v) is 3.27. The second kappa shape index (κ2) is 3.51. The van der Waals surface area contributed by atoms with Crippen LogP contribution in [0.3, 0.4) is 0 Å². The molecule has 0 aromatic carbocycles. The average Bonchev–Trinajstić information content (AvgIpc) is 1.88. The van der Waals surface area contributed by atoms with Crippen LogP contribution in [0.1, 0.15) is 27.7 Å². The molecule has 0 heterocycles. The summed E-state index contributed by atoms with van der Waals surface area (Å²) in [6.45, 7) is 11.3. The van der Waals surface area contributed by atoms with E-state index in [1.807, 2.05) is 27.7 Å². The first-order chi connectivity index (χ1) is 4.92. The minimum absolute atomic E-state index is 0.118. The first-order valence-corrected chi connectivity index (χ1v) is 3.76. The summed E-state index contributed by atoms with van der Waals surface area (Å²) >= 11 is 0. The highest BCUT2D eigenvalue weighted by atomic mass is 16.1. The smallest absolute Gasteiger partial charge is 0.164 e. The zero-order chi connectivity index (χ0) is 9.07. The van der Waals surface area contributed by atoms with Crippen molar-refractivity contribution in [1.29, 1.82) is 0 Å². The molecule has 0 aliphatic carbocycles. The molecule has 0 bridgehead atoms. The van der Waals surface area contributed by atoms with Crippen molar-refractivity contribution in [3.8, 4) is 0 Å². The van der Waals surface area contributed by atoms with Gasteiger partial charge in [0.1, 0.15) is 0 Å². The SMILES string of the molecule is C=C(C)C(C)(C)C(=O)/C=C/C. The maximum absolute atomic E-state index is 11.4. The highest BCUT2D eigenvalue weighted by Crippen LogP contribution is 2.25. The maximum atomic E-state index is 11.4. The van der Waals surface area contributed by atoms with Gasteiger partial charge in [-0.15, -0.1) is 0 Å². The summed E-state index contributed by atoms with van der Waals surface area (Å²) in [5.41, 5.74) is 0.493. The molecule has 0 aromatic heterocycles. The molecule has 0 saturated heterocycles. The molecule has 0 rings (SSSR count). The van der Waals surface area contributed by atoms with Gasteiger partial charge in [0.2, 0.25) is 0 Å². The molecule has 0 aliphatic rings. The topological polar surface area (TPSA) is 17.1 Å². The van der Waals surface area contributed by atoms with E-state index in [1.165, 1.54) is 0 Å². The van der Waals surface area contributed by atoms with E-state index in [9.17, 15) is 4.79 Å². The van der Waals surface area contributed by atoms with Crippen LogP contribution in [-0.4, -0.2) is 5.78 Å². The summed E-state index contributed by atoms with van der Waals surface area (Å²) in [5.74, 6) is 0.118. The molecule has 1 nitrogen and oxygen atoms in total. The zero-order valence-corrected chi connectivity index (χ0v) is 7.77. The van der Waals surface area contributed by atoms with Crippen LogP contribution < -0.4 is 0 Å². The molecule has 11 heavy (non-hydrogen) atoms. The quantitative estimate of drug-likeness (QED) is 0.449. The average molecular weight is 152 g/mol. The van der Waals surface area contributed by atoms with Gasteiger partial charge < -0.3 is 0 Å². The summed E-state index contributed by atoms with van der Waals surface area (Å²) < 4.78 is 0. The lowest BCUT2D eigenvalue weighted by atomic mass is 9.81. The molecular formula is C10H16O. The van der Waals surface area contributed by atoms with Crippen LogP contribution in [0.5, 0.6) is 0 Å². The Hall–Kier alpha value is -0.850. The third-order valence-corrected chi connectivity index (χ3v) is 2.00. The molecule has 0 radical (unpaired) electrons. The zero-order valence-electron chi connectivity index (χ0n) is 7.77. The summed E-state index contributed by atoms with van der Waals surface area (Å²) in [6, 6.07) is 0. The van der Waals surface area contributed by atoms with Crippen molar-refractivity contribution in [2.24, 2.45) is 5.41 Å². The van der Waals surface area contributed by atoms with Gasteiger partial charge in [0.25, 0.3) is 0 Å². The number of hydrogen-bond acceptors (Lipinski definition) is 1. The monoisotopic (exact) mass is 152 g/mol. The van der Waals surface area contributed by atoms with Crippen LogP contribution in [0.15, 0.2) is 24.3 Å². The number of carbonyl (C=O) groups is 1. The number of rotatable bonds is 3. The number of hydrogen-bond donors (Lipinski definition) is 0. The third kappa shape index (κ3) is 2.34. The number of allylic oxidation sites excluding steroid dienone is 3. The Labute approximate surface area is 68.8 Å². The summed E-state index contributed by atoms with van der Waals surface area (Å²) in [4.78, 5) is 11.4. The first kappa shape index (κ1) is 10.2. The Kier molecular flexibility index (Phi) is 3.24. The summed E-state index contributed by atoms with van der Waals surface area (Å²) in [5, 5.41) is 0. The van der Waals surface area contributed by atoms with Gasteiger partial charge in [0.05, 0.1) is 0 Å².